The SMILES string of the molecule is NC(COc1cnc2ccccc2c1)C(=O)O. The predicted octanol–water partition coefficient (Wildman–Crippen LogP) is 1.03. The van der Waals surface area contributed by atoms with Gasteiger partial charge in [0.05, 0.1) is 11.7 Å². The van der Waals surface area contributed by atoms with E-state index in [9.17, 15) is 4.79 Å². The number of para-hydroxylation sites is 1. The molecule has 0 amide bonds. The maximum atomic E-state index is 10.5. The highest BCUT2D eigenvalue weighted by Gasteiger charge is 2.12. The molecule has 1 aromatic carbocycles. The maximum Gasteiger partial charge on any atom is 0.324 e. The van der Waals surface area contributed by atoms with Crippen LogP contribution >= 0.6 is 0 Å². The van der Waals surface area contributed by atoms with Crippen molar-refractivity contribution in [1.82, 2.24) is 4.98 Å². The van der Waals surface area contributed by atoms with Gasteiger partial charge in [-0.05, 0) is 12.1 Å². The molecule has 0 aliphatic carbocycles. The van der Waals surface area contributed by atoms with Crippen molar-refractivity contribution in [1.29, 1.82) is 0 Å². The van der Waals surface area contributed by atoms with Gasteiger partial charge < -0.3 is 15.6 Å². The molecule has 1 heterocycles. The van der Waals surface area contributed by atoms with E-state index >= 15 is 0 Å². The average molecular weight is 232 g/mol. The van der Waals surface area contributed by atoms with Gasteiger partial charge in [0.1, 0.15) is 18.4 Å². The predicted molar refractivity (Wildman–Crippen MR) is 62.8 cm³/mol. The first-order valence-electron chi connectivity index (χ1n) is 5.13. The molecule has 0 radical (unpaired) electrons. The number of hydrogen-bond acceptors (Lipinski definition) is 4. The minimum absolute atomic E-state index is 0.0741. The third-order valence-corrected chi connectivity index (χ3v) is 2.31. The van der Waals surface area contributed by atoms with E-state index in [0.717, 1.165) is 10.9 Å². The fourth-order valence-electron chi connectivity index (χ4n) is 1.39. The summed E-state index contributed by atoms with van der Waals surface area (Å²) in [6, 6.07) is 8.37. The Morgan fingerprint density at radius 1 is 1.47 bits per heavy atom. The molecule has 0 bridgehead atoms. The Kier molecular flexibility index (Phi) is 3.20. The van der Waals surface area contributed by atoms with Gasteiger partial charge >= 0.3 is 5.97 Å². The van der Waals surface area contributed by atoms with E-state index in [4.69, 9.17) is 15.6 Å². The van der Waals surface area contributed by atoms with Gasteiger partial charge in [0.25, 0.3) is 0 Å². The second-order valence-electron chi connectivity index (χ2n) is 3.62. The monoisotopic (exact) mass is 232 g/mol. The molecule has 0 saturated carbocycles. The second kappa shape index (κ2) is 4.80. The Morgan fingerprint density at radius 2 is 2.24 bits per heavy atom. The maximum absolute atomic E-state index is 10.5. The smallest absolute Gasteiger partial charge is 0.324 e. The lowest BCUT2D eigenvalue weighted by Gasteiger charge is -2.09. The lowest BCUT2D eigenvalue weighted by Crippen LogP contribution is -2.36. The number of carboxylic acid groups (broad SMARTS) is 1. The summed E-state index contributed by atoms with van der Waals surface area (Å²) in [5.74, 6) is -0.570. The van der Waals surface area contributed by atoms with Gasteiger partial charge in [-0.3, -0.25) is 9.78 Å². The third kappa shape index (κ3) is 2.70. The molecule has 5 heteroatoms. The van der Waals surface area contributed by atoms with Crippen molar-refractivity contribution in [2.75, 3.05) is 6.61 Å². The fraction of sp³-hybridized carbons (Fsp3) is 0.167. The first-order chi connectivity index (χ1) is 8.16. The zero-order chi connectivity index (χ0) is 12.3. The van der Waals surface area contributed by atoms with Gasteiger partial charge in [0.15, 0.2) is 0 Å². The Hall–Kier alpha value is -2.14. The van der Waals surface area contributed by atoms with Gasteiger partial charge in [-0.1, -0.05) is 18.2 Å². The molecule has 1 unspecified atom stereocenters. The summed E-state index contributed by atoms with van der Waals surface area (Å²) in [5.41, 5.74) is 6.20. The summed E-state index contributed by atoms with van der Waals surface area (Å²) in [4.78, 5) is 14.7. The van der Waals surface area contributed by atoms with Gasteiger partial charge in [0, 0.05) is 5.39 Å². The molecule has 2 aromatic rings. The molecule has 17 heavy (non-hydrogen) atoms. The topological polar surface area (TPSA) is 85.4 Å². The molecule has 0 saturated heterocycles. The minimum Gasteiger partial charge on any atom is -0.490 e. The molecule has 3 N–H and O–H groups in total. The minimum atomic E-state index is -1.08. The highest BCUT2D eigenvalue weighted by Crippen LogP contribution is 2.17. The average Bonchev–Trinajstić information content (AvgIpc) is 2.35. The zero-order valence-corrected chi connectivity index (χ0v) is 9.04. The molecular formula is C12H12N2O3. The molecule has 0 aliphatic heterocycles. The largest absolute Gasteiger partial charge is 0.490 e. The standard InChI is InChI=1S/C12H12N2O3/c13-10(12(15)16)7-17-9-5-8-3-1-2-4-11(8)14-6-9/h1-6,10H,7,13H2,(H,15,16). The van der Waals surface area contributed by atoms with Crippen molar-refractivity contribution in [3.8, 4) is 5.75 Å². The van der Waals surface area contributed by atoms with E-state index in [1.54, 1.807) is 12.3 Å². The lowest BCUT2D eigenvalue weighted by atomic mass is 10.2. The van der Waals surface area contributed by atoms with Crippen LogP contribution < -0.4 is 10.5 Å². The van der Waals surface area contributed by atoms with Crippen LogP contribution in [0.3, 0.4) is 0 Å². The first kappa shape index (κ1) is 11.3. The van der Waals surface area contributed by atoms with Crippen molar-refractivity contribution in [3.63, 3.8) is 0 Å². The third-order valence-electron chi connectivity index (χ3n) is 2.31. The summed E-state index contributed by atoms with van der Waals surface area (Å²) in [6.45, 7) is -0.0741. The first-order valence-corrected chi connectivity index (χ1v) is 5.13. The van der Waals surface area contributed by atoms with E-state index in [1.165, 1.54) is 0 Å². The molecule has 2 rings (SSSR count). The van der Waals surface area contributed by atoms with Crippen LogP contribution in [0.15, 0.2) is 36.5 Å². The van der Waals surface area contributed by atoms with E-state index in [0.29, 0.717) is 5.75 Å². The highest BCUT2D eigenvalue weighted by atomic mass is 16.5. The van der Waals surface area contributed by atoms with Crippen LogP contribution in [0.4, 0.5) is 0 Å². The number of carbonyl (C=O) groups is 1. The van der Waals surface area contributed by atoms with Gasteiger partial charge in [0.2, 0.25) is 0 Å². The van der Waals surface area contributed by atoms with Crippen LogP contribution in [0.1, 0.15) is 0 Å². The van der Waals surface area contributed by atoms with Crippen molar-refractivity contribution < 1.29 is 14.6 Å². The number of nitrogens with two attached hydrogens (primary N) is 1. The molecule has 0 fully saturated rings. The number of benzene rings is 1. The van der Waals surface area contributed by atoms with Crippen LogP contribution in [0.25, 0.3) is 10.9 Å². The number of hydrogen-bond donors (Lipinski definition) is 2. The Balaban J connectivity index is 2.12. The number of aromatic nitrogens is 1. The number of carboxylic acids is 1. The van der Waals surface area contributed by atoms with Crippen LogP contribution in [-0.4, -0.2) is 28.7 Å². The van der Waals surface area contributed by atoms with E-state index in [1.807, 2.05) is 24.3 Å². The Morgan fingerprint density at radius 3 is 3.00 bits per heavy atom. The number of fused-ring (bicyclic) bond motifs is 1. The number of ether oxygens (including phenoxy) is 1. The summed E-state index contributed by atoms with van der Waals surface area (Å²) in [7, 11) is 0. The number of nitrogens with zero attached hydrogens (tertiary/aromatic N) is 1. The molecule has 1 atom stereocenters. The lowest BCUT2D eigenvalue weighted by molar-refractivity contribution is -0.139. The summed E-state index contributed by atoms with van der Waals surface area (Å²) in [5, 5.41) is 9.55. The molecule has 1 aromatic heterocycles. The van der Waals surface area contributed by atoms with Crippen LogP contribution in [-0.2, 0) is 4.79 Å². The molecule has 0 aliphatic rings. The van der Waals surface area contributed by atoms with Crippen molar-refractivity contribution in [3.05, 3.63) is 36.5 Å². The highest BCUT2D eigenvalue weighted by molar-refractivity contribution is 5.79. The van der Waals surface area contributed by atoms with Gasteiger partial charge in [-0.25, -0.2) is 0 Å². The Labute approximate surface area is 97.8 Å². The van der Waals surface area contributed by atoms with Gasteiger partial charge in [-0.15, -0.1) is 0 Å². The van der Waals surface area contributed by atoms with E-state index in [2.05, 4.69) is 4.98 Å². The quantitative estimate of drug-likeness (QED) is 0.822. The van der Waals surface area contributed by atoms with Crippen molar-refractivity contribution in [2.24, 2.45) is 5.73 Å². The number of pyridine rings is 1. The molecule has 88 valence electrons. The van der Waals surface area contributed by atoms with Crippen molar-refractivity contribution >= 4 is 16.9 Å². The fourth-order valence-corrected chi connectivity index (χ4v) is 1.39. The van der Waals surface area contributed by atoms with E-state index < -0.39 is 12.0 Å². The Bertz CT molecular complexity index is 542. The van der Waals surface area contributed by atoms with Crippen LogP contribution in [0.2, 0.25) is 0 Å². The summed E-state index contributed by atoms with van der Waals surface area (Å²) < 4.78 is 5.27. The molecule has 5 nitrogen and oxygen atoms in total. The normalized spacial score (nSPS) is 12.3. The molecule has 0 spiro atoms. The van der Waals surface area contributed by atoms with Gasteiger partial charge in [-0.2, -0.15) is 0 Å². The van der Waals surface area contributed by atoms with Crippen LogP contribution in [0.5, 0.6) is 5.75 Å². The second-order valence-corrected chi connectivity index (χ2v) is 3.62. The molecular weight excluding hydrogens is 220 g/mol. The summed E-state index contributed by atoms with van der Waals surface area (Å²) in [6.07, 6.45) is 1.55. The summed E-state index contributed by atoms with van der Waals surface area (Å²) >= 11 is 0. The number of rotatable bonds is 4. The van der Waals surface area contributed by atoms with E-state index in [-0.39, 0.29) is 6.61 Å². The van der Waals surface area contributed by atoms with Crippen molar-refractivity contribution in [2.45, 2.75) is 6.04 Å². The van der Waals surface area contributed by atoms with Crippen LogP contribution in [0, 0.1) is 0 Å². The zero-order valence-electron chi connectivity index (χ0n) is 9.04. The number of aliphatic carboxylic acids is 1.